The zero-order valence-electron chi connectivity index (χ0n) is 9.32. The quantitative estimate of drug-likeness (QED) is 0.613. The van der Waals surface area contributed by atoms with Crippen LogP contribution in [0.2, 0.25) is 0 Å². The Hall–Kier alpha value is -1.15. The molecule has 9 heteroatoms. The van der Waals surface area contributed by atoms with Gasteiger partial charge in [-0.05, 0) is 6.92 Å². The summed E-state index contributed by atoms with van der Waals surface area (Å²) in [6.45, 7) is 0.194. The number of ether oxygens (including phenoxy) is 1. The molecule has 1 aromatic heterocycles. The summed E-state index contributed by atoms with van der Waals surface area (Å²) in [6.07, 6.45) is 0.767. The van der Waals surface area contributed by atoms with Crippen molar-refractivity contribution in [1.29, 1.82) is 0 Å². The van der Waals surface area contributed by atoms with Gasteiger partial charge in [-0.1, -0.05) is 0 Å². The van der Waals surface area contributed by atoms with Gasteiger partial charge >= 0.3 is 5.97 Å². The van der Waals surface area contributed by atoms with E-state index >= 15 is 0 Å². The Kier molecular flexibility index (Phi) is 4.69. The van der Waals surface area contributed by atoms with E-state index in [-0.39, 0.29) is 13.2 Å². The number of halogens is 3. The molecule has 0 fully saturated rings. The van der Waals surface area contributed by atoms with E-state index in [1.807, 2.05) is 0 Å². The minimum Gasteiger partial charge on any atom is -0.461 e. The highest BCUT2D eigenvalue weighted by Gasteiger charge is 2.28. The molecule has 18 heavy (non-hydrogen) atoms. The zero-order valence-corrected chi connectivity index (χ0v) is 10.9. The summed E-state index contributed by atoms with van der Waals surface area (Å²) in [5.41, 5.74) is -0.659. The third-order valence-corrected chi connectivity index (χ3v) is 3.35. The molecule has 0 amide bonds. The number of alkyl halides is 1. The molecule has 0 aromatic carbocycles. The summed E-state index contributed by atoms with van der Waals surface area (Å²) in [4.78, 5) is 10.6. The van der Waals surface area contributed by atoms with E-state index in [1.165, 1.54) is 6.92 Å². The van der Waals surface area contributed by atoms with Crippen LogP contribution < -0.4 is 0 Å². The van der Waals surface area contributed by atoms with Crippen molar-refractivity contribution in [2.75, 3.05) is 13.3 Å². The Labute approximate surface area is 107 Å². The maximum Gasteiger partial charge on any atom is 0.358 e. The van der Waals surface area contributed by atoms with E-state index in [9.17, 15) is 22.0 Å². The number of aryl methyl sites for hydroxylation is 1. The van der Waals surface area contributed by atoms with Crippen LogP contribution in [0, 0.1) is 5.82 Å². The topological polar surface area (TPSA) is 65.4 Å². The molecule has 0 radical (unpaired) electrons. The van der Waals surface area contributed by atoms with Crippen LogP contribution in [-0.4, -0.2) is 32.2 Å². The lowest BCUT2D eigenvalue weighted by atomic mass is 10.4. The van der Waals surface area contributed by atoms with Gasteiger partial charge in [0.2, 0.25) is 0 Å². The van der Waals surface area contributed by atoms with Gasteiger partial charge in [-0.3, -0.25) is 0 Å². The first-order valence-electron chi connectivity index (χ1n) is 4.89. The van der Waals surface area contributed by atoms with Gasteiger partial charge < -0.3 is 9.30 Å². The van der Waals surface area contributed by atoms with Crippen LogP contribution in [0.3, 0.4) is 0 Å². The average molecular weight is 302 g/mol. The molecule has 0 bridgehead atoms. The lowest BCUT2D eigenvalue weighted by Crippen LogP contribution is -2.14. The molecule has 0 aliphatic carbocycles. The monoisotopic (exact) mass is 301 g/mol. The lowest BCUT2D eigenvalue weighted by molar-refractivity contribution is 0.0507. The predicted molar refractivity (Wildman–Crippen MR) is 59.4 cm³/mol. The van der Waals surface area contributed by atoms with Gasteiger partial charge in [0.25, 0.3) is 9.05 Å². The van der Waals surface area contributed by atoms with Crippen molar-refractivity contribution in [3.8, 4) is 0 Å². The molecular weight excluding hydrogens is 292 g/mol. The number of carbonyl (C=O) groups excluding carboxylic acids is 1. The second-order valence-corrected chi connectivity index (χ2v) is 5.73. The normalized spacial score (nSPS) is 11.6. The summed E-state index contributed by atoms with van der Waals surface area (Å²) in [7, 11) is 0.648. The third-order valence-electron chi connectivity index (χ3n) is 2.04. The van der Waals surface area contributed by atoms with Crippen molar-refractivity contribution >= 4 is 25.7 Å². The molecule has 0 spiro atoms. The Morgan fingerprint density at radius 3 is 2.61 bits per heavy atom. The Bertz CT molecular complexity index is 555. The number of rotatable bonds is 5. The van der Waals surface area contributed by atoms with Crippen LogP contribution in [-0.2, 0) is 20.3 Å². The van der Waals surface area contributed by atoms with E-state index in [2.05, 4.69) is 4.74 Å². The average Bonchev–Trinajstić information content (AvgIpc) is 2.56. The van der Waals surface area contributed by atoms with Crippen LogP contribution in [0.1, 0.15) is 17.4 Å². The first kappa shape index (κ1) is 14.9. The minimum atomic E-state index is -4.36. The number of hydrogen-bond acceptors (Lipinski definition) is 4. The SMILES string of the molecule is CCOC(=O)c1c(F)c(S(=O)(=O)Cl)cn1CCF. The molecule has 0 aliphatic heterocycles. The third kappa shape index (κ3) is 2.99. The first-order valence-corrected chi connectivity index (χ1v) is 7.20. The molecule has 1 rings (SSSR count). The fourth-order valence-electron chi connectivity index (χ4n) is 1.35. The largest absolute Gasteiger partial charge is 0.461 e. The standard InChI is InChI=1S/C9H10ClF2NO4S/c1-2-17-9(14)8-7(12)6(18(10,15)16)5-13(8)4-3-11/h5H,2-4H2,1H3. The minimum absolute atomic E-state index is 0.0258. The maximum absolute atomic E-state index is 13.8. The molecule has 0 aliphatic rings. The summed E-state index contributed by atoms with van der Waals surface area (Å²) < 4.78 is 53.6. The Balaban J connectivity index is 3.38. The van der Waals surface area contributed by atoms with E-state index in [1.54, 1.807) is 0 Å². The van der Waals surface area contributed by atoms with E-state index in [0.717, 1.165) is 10.8 Å². The highest BCUT2D eigenvalue weighted by molar-refractivity contribution is 8.13. The van der Waals surface area contributed by atoms with Crippen molar-refractivity contribution in [2.24, 2.45) is 0 Å². The molecule has 0 saturated heterocycles. The Morgan fingerprint density at radius 2 is 2.17 bits per heavy atom. The van der Waals surface area contributed by atoms with Crippen molar-refractivity contribution < 1.29 is 26.7 Å². The van der Waals surface area contributed by atoms with Gasteiger partial charge in [0, 0.05) is 16.9 Å². The number of esters is 1. The smallest absolute Gasteiger partial charge is 0.358 e. The summed E-state index contributed by atoms with van der Waals surface area (Å²) in [5, 5.41) is 0. The van der Waals surface area contributed by atoms with Crippen LogP contribution >= 0.6 is 10.7 Å². The highest BCUT2D eigenvalue weighted by Crippen LogP contribution is 2.24. The molecule has 1 aromatic rings. The van der Waals surface area contributed by atoms with Crippen molar-refractivity contribution in [3.05, 3.63) is 17.7 Å². The fraction of sp³-hybridized carbons (Fsp3) is 0.444. The van der Waals surface area contributed by atoms with Gasteiger partial charge in [-0.2, -0.15) is 0 Å². The molecule has 0 unspecified atom stereocenters. The first-order chi connectivity index (χ1) is 8.32. The Morgan fingerprint density at radius 1 is 1.56 bits per heavy atom. The zero-order chi connectivity index (χ0) is 13.9. The van der Waals surface area contributed by atoms with Gasteiger partial charge in [0.05, 0.1) is 13.2 Å². The number of hydrogen-bond donors (Lipinski definition) is 0. The van der Waals surface area contributed by atoms with Gasteiger partial charge in [0.1, 0.15) is 11.6 Å². The highest BCUT2D eigenvalue weighted by atomic mass is 35.7. The van der Waals surface area contributed by atoms with E-state index < -0.39 is 38.1 Å². The van der Waals surface area contributed by atoms with Gasteiger partial charge in [-0.25, -0.2) is 22.0 Å². The van der Waals surface area contributed by atoms with Crippen LogP contribution in [0.25, 0.3) is 0 Å². The molecule has 0 saturated carbocycles. The number of nitrogens with zero attached hydrogens (tertiary/aromatic N) is 1. The molecule has 5 nitrogen and oxygen atoms in total. The molecule has 102 valence electrons. The van der Waals surface area contributed by atoms with Crippen molar-refractivity contribution in [3.63, 3.8) is 0 Å². The molecule has 0 N–H and O–H groups in total. The summed E-state index contributed by atoms with van der Waals surface area (Å²) in [5.74, 6) is -2.41. The maximum atomic E-state index is 13.8. The predicted octanol–water partition coefficient (Wildman–Crippen LogP) is 1.70. The second-order valence-electron chi connectivity index (χ2n) is 3.20. The number of aromatic nitrogens is 1. The second kappa shape index (κ2) is 5.66. The summed E-state index contributed by atoms with van der Waals surface area (Å²) in [6, 6.07) is 0. The molecule has 1 heterocycles. The lowest BCUT2D eigenvalue weighted by Gasteiger charge is -2.05. The summed E-state index contributed by atoms with van der Waals surface area (Å²) >= 11 is 0. The van der Waals surface area contributed by atoms with Gasteiger partial charge in [0.15, 0.2) is 11.5 Å². The van der Waals surface area contributed by atoms with Crippen molar-refractivity contribution in [2.45, 2.75) is 18.4 Å². The van der Waals surface area contributed by atoms with Crippen LogP contribution in [0.5, 0.6) is 0 Å². The van der Waals surface area contributed by atoms with E-state index in [0.29, 0.717) is 0 Å². The molecular formula is C9H10ClF2NO4S. The fourth-order valence-corrected chi connectivity index (χ4v) is 2.24. The van der Waals surface area contributed by atoms with Gasteiger partial charge in [-0.15, -0.1) is 0 Å². The van der Waals surface area contributed by atoms with Crippen LogP contribution in [0.4, 0.5) is 8.78 Å². The number of carbonyl (C=O) groups is 1. The van der Waals surface area contributed by atoms with E-state index in [4.69, 9.17) is 10.7 Å². The molecule has 0 atom stereocenters. The van der Waals surface area contributed by atoms with Crippen molar-refractivity contribution in [1.82, 2.24) is 4.57 Å². The van der Waals surface area contributed by atoms with Crippen LogP contribution in [0.15, 0.2) is 11.1 Å².